The van der Waals surface area contributed by atoms with Gasteiger partial charge in [-0.05, 0) is 69.2 Å². The van der Waals surface area contributed by atoms with Crippen LogP contribution >= 0.6 is 0 Å². The molecule has 1 rings (SSSR count). The van der Waals surface area contributed by atoms with Gasteiger partial charge >= 0.3 is 0 Å². The van der Waals surface area contributed by atoms with Crippen molar-refractivity contribution in [2.24, 2.45) is 0 Å². The van der Waals surface area contributed by atoms with Crippen LogP contribution in [0.2, 0.25) is 0 Å². The highest BCUT2D eigenvalue weighted by molar-refractivity contribution is 5.73. The second kappa shape index (κ2) is 8.13. The van der Waals surface area contributed by atoms with Crippen LogP contribution in [0.25, 0.3) is 0 Å². The van der Waals surface area contributed by atoms with Crippen LogP contribution in [0.15, 0.2) is 0 Å². The van der Waals surface area contributed by atoms with Gasteiger partial charge in [-0.15, -0.1) is 0 Å². The zero-order chi connectivity index (χ0) is 20.5. The molecule has 1 aliphatic heterocycles. The van der Waals surface area contributed by atoms with Crippen molar-refractivity contribution in [2.75, 3.05) is 0 Å². The number of hydrogen-bond donors (Lipinski definition) is 1. The molecule has 1 heterocycles. The molecule has 1 N–H and O–H groups in total. The fourth-order valence-corrected chi connectivity index (χ4v) is 2.96. The summed E-state index contributed by atoms with van der Waals surface area (Å²) in [6, 6.07) is -0.334. The van der Waals surface area contributed by atoms with Crippen molar-refractivity contribution in [3.05, 3.63) is 0 Å². The molecule has 1 saturated heterocycles. The minimum atomic E-state index is -0.596. The fraction of sp³-hybridized carbons (Fsp3) is 0.950. The van der Waals surface area contributed by atoms with Crippen molar-refractivity contribution in [1.29, 1.82) is 0 Å². The first kappa shape index (κ1) is 23.3. The summed E-state index contributed by atoms with van der Waals surface area (Å²) < 4.78 is 25.0. The highest BCUT2D eigenvalue weighted by Crippen LogP contribution is 2.33. The number of carbonyl (C=O) groups is 1. The van der Waals surface area contributed by atoms with E-state index in [0.717, 1.165) is 0 Å². The maximum absolute atomic E-state index is 11.8. The van der Waals surface area contributed by atoms with E-state index in [2.05, 4.69) is 5.32 Å². The number of nitrogens with one attached hydrogen (secondary N) is 1. The van der Waals surface area contributed by atoms with E-state index >= 15 is 0 Å². The monoisotopic (exact) mass is 373 g/mol. The van der Waals surface area contributed by atoms with Crippen LogP contribution in [0, 0.1) is 0 Å². The lowest BCUT2D eigenvalue weighted by molar-refractivity contribution is -0.331. The third-order valence-corrected chi connectivity index (χ3v) is 3.62. The predicted molar refractivity (Wildman–Crippen MR) is 102 cm³/mol. The molecule has 0 aromatic rings. The van der Waals surface area contributed by atoms with Gasteiger partial charge in [0.15, 0.2) is 6.29 Å². The second-order valence-electron chi connectivity index (χ2n) is 10.1. The molecule has 0 aromatic carbocycles. The molecule has 0 aromatic heterocycles. The number of ether oxygens (including phenoxy) is 4. The molecule has 1 aliphatic rings. The van der Waals surface area contributed by atoms with E-state index in [4.69, 9.17) is 18.9 Å². The summed E-state index contributed by atoms with van der Waals surface area (Å²) in [6.07, 6.45) is -1.77. The van der Waals surface area contributed by atoms with Gasteiger partial charge in [-0.25, -0.2) is 0 Å². The molecule has 1 fully saturated rings. The predicted octanol–water partition coefficient (Wildman–Crippen LogP) is 3.42. The Balaban J connectivity index is 3.29. The van der Waals surface area contributed by atoms with Gasteiger partial charge in [0.25, 0.3) is 0 Å². The van der Waals surface area contributed by atoms with Crippen molar-refractivity contribution in [3.63, 3.8) is 0 Å². The molecule has 26 heavy (non-hydrogen) atoms. The molecule has 5 unspecified atom stereocenters. The zero-order valence-electron chi connectivity index (χ0n) is 18.4. The van der Waals surface area contributed by atoms with Crippen molar-refractivity contribution in [2.45, 2.75) is 124 Å². The Morgan fingerprint density at radius 3 is 1.62 bits per heavy atom. The lowest BCUT2D eigenvalue weighted by Gasteiger charge is -2.49. The molecule has 0 radical (unpaired) electrons. The molecule has 6 heteroatoms. The molecule has 0 bridgehead atoms. The summed E-state index contributed by atoms with van der Waals surface area (Å²) in [5, 5.41) is 2.98. The summed E-state index contributed by atoms with van der Waals surface area (Å²) in [4.78, 5) is 11.8. The van der Waals surface area contributed by atoms with Crippen molar-refractivity contribution in [1.82, 2.24) is 5.32 Å². The lowest BCUT2D eigenvalue weighted by atomic mass is 9.94. The van der Waals surface area contributed by atoms with Crippen LogP contribution < -0.4 is 5.32 Å². The van der Waals surface area contributed by atoms with Crippen LogP contribution in [-0.4, -0.2) is 53.4 Å². The van der Waals surface area contributed by atoms with Crippen LogP contribution in [0.5, 0.6) is 0 Å². The van der Waals surface area contributed by atoms with Crippen LogP contribution in [0.4, 0.5) is 0 Å². The average Bonchev–Trinajstić information content (AvgIpc) is 2.33. The standard InChI is InChI=1S/C20H39NO5/c1-12-14(21-13(2)22)15(24-18(3,4)5)16(25-19(6,7)8)17(23-12)26-20(9,10)11/h12,14-17H,1-11H3,(H,21,22). The first-order valence-electron chi connectivity index (χ1n) is 9.44. The minimum Gasteiger partial charge on any atom is -0.367 e. The highest BCUT2D eigenvalue weighted by atomic mass is 16.7. The number of carbonyl (C=O) groups excluding carboxylic acids is 1. The molecular weight excluding hydrogens is 334 g/mol. The normalized spacial score (nSPS) is 31.0. The first-order chi connectivity index (χ1) is 11.5. The van der Waals surface area contributed by atoms with E-state index in [9.17, 15) is 4.79 Å². The largest absolute Gasteiger partial charge is 0.367 e. The third-order valence-electron chi connectivity index (χ3n) is 3.62. The minimum absolute atomic E-state index is 0.127. The second-order valence-corrected chi connectivity index (χ2v) is 10.1. The van der Waals surface area contributed by atoms with Gasteiger partial charge in [0.05, 0.1) is 28.9 Å². The topological polar surface area (TPSA) is 66.0 Å². The Morgan fingerprint density at radius 2 is 1.23 bits per heavy atom. The molecule has 154 valence electrons. The van der Waals surface area contributed by atoms with Crippen molar-refractivity contribution >= 4 is 5.91 Å². The molecular formula is C20H39NO5. The number of rotatable bonds is 4. The molecule has 0 aliphatic carbocycles. The van der Waals surface area contributed by atoms with Crippen LogP contribution in [0.1, 0.15) is 76.2 Å². The number of hydrogen-bond acceptors (Lipinski definition) is 5. The Bertz CT molecular complexity index is 472. The van der Waals surface area contributed by atoms with E-state index in [1.54, 1.807) is 0 Å². The van der Waals surface area contributed by atoms with Crippen LogP contribution in [0.3, 0.4) is 0 Å². The molecule has 6 nitrogen and oxygen atoms in total. The zero-order valence-corrected chi connectivity index (χ0v) is 18.4. The van der Waals surface area contributed by atoms with E-state index in [0.29, 0.717) is 0 Å². The lowest BCUT2D eigenvalue weighted by Crippen LogP contribution is -2.67. The van der Waals surface area contributed by atoms with Gasteiger partial charge in [0, 0.05) is 6.92 Å². The summed E-state index contributed by atoms with van der Waals surface area (Å²) in [6.45, 7) is 21.3. The molecule has 5 atom stereocenters. The SMILES string of the molecule is CC(=O)NC1C(C)OC(OC(C)(C)C)C(OC(C)(C)C)C1OC(C)(C)C. The van der Waals surface area contributed by atoms with Gasteiger partial charge in [-0.1, -0.05) is 0 Å². The maximum atomic E-state index is 11.8. The first-order valence-corrected chi connectivity index (χ1v) is 9.44. The summed E-state index contributed by atoms with van der Waals surface area (Å²) in [5.41, 5.74) is -1.24. The third kappa shape index (κ3) is 7.91. The number of amides is 1. The smallest absolute Gasteiger partial charge is 0.217 e. The maximum Gasteiger partial charge on any atom is 0.217 e. The van der Waals surface area contributed by atoms with Gasteiger partial charge in [-0.3, -0.25) is 4.79 Å². The van der Waals surface area contributed by atoms with E-state index in [-0.39, 0.29) is 18.1 Å². The quantitative estimate of drug-likeness (QED) is 0.818. The fourth-order valence-electron chi connectivity index (χ4n) is 2.96. The van der Waals surface area contributed by atoms with Gasteiger partial charge in [-0.2, -0.15) is 0 Å². The molecule has 1 amide bonds. The Kier molecular flexibility index (Phi) is 7.30. The molecule has 0 saturated carbocycles. The summed E-state index contributed by atoms with van der Waals surface area (Å²) in [5.74, 6) is -0.127. The summed E-state index contributed by atoms with van der Waals surface area (Å²) in [7, 11) is 0. The summed E-state index contributed by atoms with van der Waals surface area (Å²) >= 11 is 0. The van der Waals surface area contributed by atoms with Crippen molar-refractivity contribution < 1.29 is 23.7 Å². The van der Waals surface area contributed by atoms with Crippen molar-refractivity contribution in [3.8, 4) is 0 Å². The van der Waals surface area contributed by atoms with Gasteiger partial charge < -0.3 is 24.3 Å². The van der Waals surface area contributed by atoms with Crippen LogP contribution in [-0.2, 0) is 23.7 Å². The highest BCUT2D eigenvalue weighted by Gasteiger charge is 2.50. The Hall–Kier alpha value is -0.690. The molecule has 0 spiro atoms. The van der Waals surface area contributed by atoms with E-state index in [1.807, 2.05) is 69.2 Å². The Morgan fingerprint density at radius 1 is 0.808 bits per heavy atom. The van der Waals surface area contributed by atoms with Gasteiger partial charge in [0.2, 0.25) is 5.91 Å². The van der Waals surface area contributed by atoms with E-state index < -0.39 is 35.3 Å². The van der Waals surface area contributed by atoms with Gasteiger partial charge in [0.1, 0.15) is 12.2 Å². The Labute approximate surface area is 159 Å². The van der Waals surface area contributed by atoms with E-state index in [1.165, 1.54) is 6.92 Å². The average molecular weight is 374 g/mol.